The van der Waals surface area contributed by atoms with E-state index in [9.17, 15) is 9.59 Å². The number of hydrogen-bond donors (Lipinski definition) is 1. The van der Waals surface area contributed by atoms with Crippen LogP contribution in [0.3, 0.4) is 0 Å². The third-order valence-corrected chi connectivity index (χ3v) is 2.60. The van der Waals surface area contributed by atoms with E-state index in [2.05, 4.69) is 2.81 Å². The van der Waals surface area contributed by atoms with Gasteiger partial charge in [0.1, 0.15) is 0 Å². The number of carbonyl (C=O) groups excluding carboxylic acids is 1. The minimum atomic E-state index is -1.38. The standard InChI is InChI=1S/C2H4O2.C2H3O2.Mg.Zr.2H/c2*1-2(3)4;;;;/h1H3,(H,3,4);1H2,(H,3,4);;;;/q;;;+1;;/p-1. The Labute approximate surface area is 86.7 Å². The molecule has 0 aromatic carbocycles. The first-order valence-electron chi connectivity index (χ1n) is 2.25. The van der Waals surface area contributed by atoms with Crippen molar-refractivity contribution in [2.45, 2.75) is 11.1 Å². The molecule has 0 aliphatic carbocycles. The Morgan fingerprint density at radius 1 is 1.60 bits per heavy atom. The summed E-state index contributed by atoms with van der Waals surface area (Å²) < 4.78 is 4.55. The van der Waals surface area contributed by atoms with Gasteiger partial charge < -0.3 is 0 Å². The van der Waals surface area contributed by atoms with Crippen LogP contribution < -0.4 is 0 Å². The summed E-state index contributed by atoms with van der Waals surface area (Å²) in [5.41, 5.74) is 0. The molecule has 0 atom stereocenters. The molecule has 0 unspecified atom stereocenters. The zero-order chi connectivity index (χ0) is 7.28. The summed E-state index contributed by atoms with van der Waals surface area (Å²) in [5.74, 6) is -1.26. The SMILES string of the molecule is CC(=O)[O][Zr][CH2]C(=O)O.[MgH2]. The van der Waals surface area contributed by atoms with E-state index < -0.39 is 29.6 Å². The third-order valence-electron chi connectivity index (χ3n) is 0.439. The topological polar surface area (TPSA) is 63.6 Å². The zero-order valence-electron chi connectivity index (χ0n) is 4.88. The maximum Gasteiger partial charge on any atom is 0.316 e. The van der Waals surface area contributed by atoms with Gasteiger partial charge in [0.25, 0.3) is 0 Å². The number of carbonyl (C=O) groups is 2. The minimum Gasteiger partial charge on any atom is 0.316 e. The third kappa shape index (κ3) is 11.4. The molecule has 0 radical (unpaired) electrons. The molecule has 0 amide bonds. The fourth-order valence-corrected chi connectivity index (χ4v) is 1.18. The summed E-state index contributed by atoms with van der Waals surface area (Å²) in [6.07, 6.45) is 0. The van der Waals surface area contributed by atoms with Gasteiger partial charge in [0.05, 0.1) is 0 Å². The monoisotopic (exact) mass is 234 g/mol. The number of carboxylic acid groups (broad SMARTS) is 1. The first kappa shape index (κ1) is 13.2. The zero-order valence-corrected chi connectivity index (χ0v) is 7.34. The maximum atomic E-state index is 10.1. The Morgan fingerprint density at radius 2 is 2.10 bits per heavy atom. The van der Waals surface area contributed by atoms with Crippen molar-refractivity contribution in [3.8, 4) is 0 Å². The predicted molar refractivity (Wildman–Crippen MR) is 32.8 cm³/mol. The molecule has 10 heavy (non-hydrogen) atoms. The van der Waals surface area contributed by atoms with Crippen LogP contribution in [0.25, 0.3) is 0 Å². The first-order valence-corrected chi connectivity index (χ1v) is 4.99. The first-order chi connectivity index (χ1) is 4.13. The van der Waals surface area contributed by atoms with Crippen LogP contribution in [0, 0.1) is 0 Å². The molecule has 0 saturated carbocycles. The summed E-state index contributed by atoms with van der Waals surface area (Å²) in [6.45, 7) is 1.28. The van der Waals surface area contributed by atoms with Crippen molar-refractivity contribution < 1.29 is 41.2 Å². The quantitative estimate of drug-likeness (QED) is 0.647. The Morgan fingerprint density at radius 3 is 2.40 bits per heavy atom. The van der Waals surface area contributed by atoms with E-state index in [0.29, 0.717) is 0 Å². The van der Waals surface area contributed by atoms with E-state index in [0.717, 1.165) is 0 Å². The minimum absolute atomic E-state index is 0. The number of hydrogen-bond acceptors (Lipinski definition) is 3. The van der Waals surface area contributed by atoms with Gasteiger partial charge in [-0.05, 0) is 0 Å². The smallest absolute Gasteiger partial charge is 0.316 e. The predicted octanol–water partition coefficient (Wildman–Crippen LogP) is -0.866. The van der Waals surface area contributed by atoms with Gasteiger partial charge >= 0.3 is 87.2 Å². The van der Waals surface area contributed by atoms with Crippen LogP contribution in [0.15, 0.2) is 0 Å². The van der Waals surface area contributed by atoms with Gasteiger partial charge in [-0.15, -0.1) is 0 Å². The molecule has 6 heteroatoms. The van der Waals surface area contributed by atoms with Crippen LogP contribution in [0.4, 0.5) is 0 Å². The van der Waals surface area contributed by atoms with E-state index in [1.807, 2.05) is 0 Å². The van der Waals surface area contributed by atoms with E-state index in [4.69, 9.17) is 5.11 Å². The van der Waals surface area contributed by atoms with Crippen LogP contribution in [0.2, 0.25) is 4.13 Å². The van der Waals surface area contributed by atoms with Crippen LogP contribution in [0.1, 0.15) is 6.92 Å². The molecule has 0 fully saturated rings. The molecule has 0 aromatic rings. The summed E-state index contributed by atoms with van der Waals surface area (Å²) in [5, 5.41) is 8.08. The molecule has 0 heterocycles. The molecule has 0 spiro atoms. The molecule has 0 aliphatic heterocycles. The number of aliphatic carboxylic acids is 1. The summed E-state index contributed by atoms with van der Waals surface area (Å²) in [7, 11) is 0. The molecule has 0 aromatic heterocycles. The second-order valence-corrected chi connectivity index (χ2v) is 3.39. The second kappa shape index (κ2) is 7.69. The van der Waals surface area contributed by atoms with Crippen LogP contribution in [-0.4, -0.2) is 40.1 Å². The summed E-state index contributed by atoms with van der Waals surface area (Å²) in [6, 6.07) is 0. The average Bonchev–Trinajstić information content (AvgIpc) is 1.63. The van der Waals surface area contributed by atoms with Gasteiger partial charge in [-0.2, -0.15) is 0 Å². The second-order valence-electron chi connectivity index (χ2n) is 1.31. The van der Waals surface area contributed by atoms with Crippen molar-refractivity contribution >= 4 is 35.0 Å². The number of rotatable bonds is 3. The Hall–Kier alpha value is 0.589. The van der Waals surface area contributed by atoms with Crippen LogP contribution in [0.5, 0.6) is 0 Å². The van der Waals surface area contributed by atoms with Crippen molar-refractivity contribution in [1.29, 1.82) is 0 Å². The summed E-state index contributed by atoms with van der Waals surface area (Å²) >= 11 is -1.38. The molecule has 54 valence electrons. The van der Waals surface area contributed by atoms with Crippen molar-refractivity contribution in [3.63, 3.8) is 0 Å². The van der Waals surface area contributed by atoms with Crippen molar-refractivity contribution in [2.75, 3.05) is 0 Å². The van der Waals surface area contributed by atoms with Crippen LogP contribution >= 0.6 is 0 Å². The molecule has 0 rings (SSSR count). The molecule has 0 saturated heterocycles. The van der Waals surface area contributed by atoms with Gasteiger partial charge in [-0.3, -0.25) is 0 Å². The number of carboxylic acids is 1. The molecule has 0 aliphatic rings. The Balaban J connectivity index is 0. The normalized spacial score (nSPS) is 7.30. The van der Waals surface area contributed by atoms with Crippen molar-refractivity contribution in [1.82, 2.24) is 0 Å². The largest absolute Gasteiger partial charge is 0.316 e. The van der Waals surface area contributed by atoms with E-state index >= 15 is 0 Å². The van der Waals surface area contributed by atoms with E-state index in [-0.39, 0.29) is 33.2 Å². The molecule has 4 nitrogen and oxygen atoms in total. The van der Waals surface area contributed by atoms with Gasteiger partial charge in [0.2, 0.25) is 0 Å². The van der Waals surface area contributed by atoms with E-state index in [1.165, 1.54) is 6.92 Å². The van der Waals surface area contributed by atoms with Gasteiger partial charge in [0, 0.05) is 0 Å². The Kier molecular flexibility index (Phi) is 10.2. The van der Waals surface area contributed by atoms with E-state index in [1.54, 1.807) is 0 Å². The van der Waals surface area contributed by atoms with Crippen molar-refractivity contribution in [2.24, 2.45) is 0 Å². The molecular formula is C4H8MgO4Zr. The van der Waals surface area contributed by atoms with Gasteiger partial charge in [-0.1, -0.05) is 0 Å². The Bertz CT molecular complexity index is 112. The van der Waals surface area contributed by atoms with Gasteiger partial charge in [-0.25, -0.2) is 0 Å². The fraction of sp³-hybridized carbons (Fsp3) is 0.500. The molecule has 1 N–H and O–H groups in total. The average molecular weight is 236 g/mol. The molecular weight excluding hydrogens is 228 g/mol. The summed E-state index contributed by atoms with van der Waals surface area (Å²) in [4.78, 5) is 19.9. The molecule has 0 bridgehead atoms. The fourth-order valence-electron chi connectivity index (χ4n) is 0.199. The van der Waals surface area contributed by atoms with Crippen LogP contribution in [-0.2, 0) is 36.1 Å². The van der Waals surface area contributed by atoms with Crippen molar-refractivity contribution in [3.05, 3.63) is 0 Å². The maximum absolute atomic E-state index is 10.1. The van der Waals surface area contributed by atoms with Gasteiger partial charge in [0.15, 0.2) is 0 Å².